The Morgan fingerprint density at radius 1 is 1.26 bits per heavy atom. The van der Waals surface area contributed by atoms with Crippen molar-refractivity contribution in [2.24, 2.45) is 0 Å². The summed E-state index contributed by atoms with van der Waals surface area (Å²) >= 11 is 0. The fourth-order valence-corrected chi connectivity index (χ4v) is 2.28. The third-order valence-electron chi connectivity index (χ3n) is 3.51. The smallest absolute Gasteiger partial charge is 0.274 e. The van der Waals surface area contributed by atoms with Crippen LogP contribution in [0.5, 0.6) is 0 Å². The van der Waals surface area contributed by atoms with E-state index in [0.717, 1.165) is 19.5 Å². The van der Waals surface area contributed by atoms with E-state index in [4.69, 9.17) is 0 Å². The molecule has 1 saturated heterocycles. The summed E-state index contributed by atoms with van der Waals surface area (Å²) in [6, 6.07) is 7.17. The number of aromatic nitrogens is 2. The molecule has 98 valence electrons. The lowest BCUT2D eigenvalue weighted by atomic mass is 10.1. The Morgan fingerprint density at radius 3 is 2.53 bits per heavy atom. The molecule has 1 fully saturated rings. The molecule has 0 bridgehead atoms. The summed E-state index contributed by atoms with van der Waals surface area (Å²) < 4.78 is 1.36. The maximum atomic E-state index is 12.4. The van der Waals surface area contributed by atoms with Crippen molar-refractivity contribution in [2.45, 2.75) is 19.9 Å². The number of fused-ring (bicyclic) bond motifs is 1. The minimum atomic E-state index is -0.141. The van der Waals surface area contributed by atoms with Gasteiger partial charge in [-0.1, -0.05) is 18.2 Å². The molecule has 5 heteroatoms. The van der Waals surface area contributed by atoms with Crippen molar-refractivity contribution >= 4 is 16.7 Å². The molecule has 0 aliphatic carbocycles. The summed E-state index contributed by atoms with van der Waals surface area (Å²) in [5.41, 5.74) is 0.245. The van der Waals surface area contributed by atoms with Crippen LogP contribution in [-0.2, 0) is 6.54 Å². The van der Waals surface area contributed by atoms with Crippen LogP contribution in [0.2, 0.25) is 0 Å². The van der Waals surface area contributed by atoms with Crippen LogP contribution in [-0.4, -0.2) is 33.7 Å². The van der Waals surface area contributed by atoms with Gasteiger partial charge in [-0.15, -0.1) is 0 Å². The first-order valence-corrected chi connectivity index (χ1v) is 6.51. The molecule has 1 aliphatic heterocycles. The molecule has 1 aliphatic rings. The second kappa shape index (κ2) is 4.50. The van der Waals surface area contributed by atoms with E-state index in [1.165, 1.54) is 4.68 Å². The molecule has 3 rings (SSSR count). The van der Waals surface area contributed by atoms with Gasteiger partial charge in [-0.3, -0.25) is 9.59 Å². The molecule has 0 radical (unpaired) electrons. The van der Waals surface area contributed by atoms with Crippen LogP contribution >= 0.6 is 0 Å². The van der Waals surface area contributed by atoms with Crippen LogP contribution < -0.4 is 5.56 Å². The van der Waals surface area contributed by atoms with Crippen LogP contribution in [0.25, 0.3) is 10.8 Å². The average Bonchev–Trinajstić information content (AvgIpc) is 2.37. The van der Waals surface area contributed by atoms with Gasteiger partial charge in [0.15, 0.2) is 5.69 Å². The van der Waals surface area contributed by atoms with Gasteiger partial charge in [-0.05, 0) is 19.4 Å². The number of likely N-dealkylation sites (tertiary alicyclic amines) is 1. The molecule has 19 heavy (non-hydrogen) atoms. The Morgan fingerprint density at radius 2 is 1.95 bits per heavy atom. The van der Waals surface area contributed by atoms with Crippen LogP contribution in [0.15, 0.2) is 29.1 Å². The summed E-state index contributed by atoms with van der Waals surface area (Å²) in [6.07, 6.45) is 1.04. The van der Waals surface area contributed by atoms with E-state index >= 15 is 0 Å². The Balaban J connectivity index is 2.25. The summed E-state index contributed by atoms with van der Waals surface area (Å²) in [4.78, 5) is 26.3. The minimum absolute atomic E-state index is 0.0790. The molecule has 5 nitrogen and oxygen atoms in total. The van der Waals surface area contributed by atoms with Gasteiger partial charge in [-0.25, -0.2) is 4.68 Å². The first-order chi connectivity index (χ1) is 9.22. The number of nitrogens with zero attached hydrogens (tertiary/aromatic N) is 3. The van der Waals surface area contributed by atoms with Gasteiger partial charge in [0.2, 0.25) is 0 Å². The molecule has 0 spiro atoms. The van der Waals surface area contributed by atoms with Crippen LogP contribution in [0.4, 0.5) is 0 Å². The third-order valence-corrected chi connectivity index (χ3v) is 3.51. The van der Waals surface area contributed by atoms with Crippen LogP contribution in [0, 0.1) is 0 Å². The van der Waals surface area contributed by atoms with Crippen LogP contribution in [0.3, 0.4) is 0 Å². The Bertz CT molecular complexity index is 701. The molecule has 0 N–H and O–H groups in total. The Labute approximate surface area is 110 Å². The monoisotopic (exact) mass is 257 g/mol. The highest BCUT2D eigenvalue weighted by molar-refractivity contribution is 6.04. The van der Waals surface area contributed by atoms with E-state index in [9.17, 15) is 9.59 Å². The van der Waals surface area contributed by atoms with Crippen molar-refractivity contribution in [3.8, 4) is 0 Å². The number of hydrogen-bond donors (Lipinski definition) is 0. The highest BCUT2D eigenvalue weighted by Crippen LogP contribution is 2.17. The van der Waals surface area contributed by atoms with Crippen molar-refractivity contribution in [3.05, 3.63) is 40.3 Å². The predicted octanol–water partition coefficient (Wildman–Crippen LogP) is 1.26. The lowest BCUT2D eigenvalue weighted by molar-refractivity contribution is 0.0645. The molecule has 1 aromatic carbocycles. The van der Waals surface area contributed by atoms with Crippen molar-refractivity contribution in [1.82, 2.24) is 14.7 Å². The first-order valence-electron chi connectivity index (χ1n) is 6.51. The zero-order valence-electron chi connectivity index (χ0n) is 10.8. The Hall–Kier alpha value is -2.17. The van der Waals surface area contributed by atoms with E-state index < -0.39 is 0 Å². The van der Waals surface area contributed by atoms with Crippen molar-refractivity contribution in [2.75, 3.05) is 13.1 Å². The molecular formula is C14H15N3O2. The molecule has 0 atom stereocenters. The van der Waals surface area contributed by atoms with Crippen molar-refractivity contribution in [3.63, 3.8) is 0 Å². The quantitative estimate of drug-likeness (QED) is 0.814. The zero-order valence-corrected chi connectivity index (χ0v) is 10.8. The molecule has 0 saturated carbocycles. The molecule has 2 aromatic rings. The Kier molecular flexibility index (Phi) is 2.81. The lowest BCUT2D eigenvalue weighted by Crippen LogP contribution is -2.43. The maximum absolute atomic E-state index is 12.4. The summed E-state index contributed by atoms with van der Waals surface area (Å²) in [5, 5.41) is 5.44. The van der Waals surface area contributed by atoms with Gasteiger partial charge in [0.25, 0.3) is 11.5 Å². The van der Waals surface area contributed by atoms with Gasteiger partial charge < -0.3 is 4.90 Å². The van der Waals surface area contributed by atoms with Gasteiger partial charge in [0.05, 0.1) is 5.39 Å². The second-order valence-corrected chi connectivity index (χ2v) is 4.66. The van der Waals surface area contributed by atoms with Gasteiger partial charge in [0.1, 0.15) is 0 Å². The van der Waals surface area contributed by atoms with E-state index in [1.807, 2.05) is 19.1 Å². The number of hydrogen-bond acceptors (Lipinski definition) is 3. The molecule has 0 unspecified atom stereocenters. The number of benzene rings is 1. The molecule has 1 amide bonds. The maximum Gasteiger partial charge on any atom is 0.274 e. The second-order valence-electron chi connectivity index (χ2n) is 4.66. The number of amides is 1. The van der Waals surface area contributed by atoms with E-state index in [-0.39, 0.29) is 11.5 Å². The normalized spacial score (nSPS) is 14.5. The molecule has 1 aromatic heterocycles. The number of rotatable bonds is 2. The standard InChI is InChI=1S/C14H15N3O2/c1-2-17-13(18)11-7-4-3-6-10(11)12(15-17)14(19)16-8-5-9-16/h3-4,6-7H,2,5,8-9H2,1H3. The number of aryl methyl sites for hydroxylation is 1. The summed E-state index contributed by atoms with van der Waals surface area (Å²) in [5.74, 6) is -0.0790. The first kappa shape index (κ1) is 11.9. The zero-order chi connectivity index (χ0) is 13.4. The highest BCUT2D eigenvalue weighted by atomic mass is 16.2. The number of carbonyl (C=O) groups is 1. The van der Waals surface area contributed by atoms with E-state index in [1.54, 1.807) is 17.0 Å². The highest BCUT2D eigenvalue weighted by Gasteiger charge is 2.25. The van der Waals surface area contributed by atoms with Crippen molar-refractivity contribution < 1.29 is 4.79 Å². The van der Waals surface area contributed by atoms with Crippen LogP contribution in [0.1, 0.15) is 23.8 Å². The van der Waals surface area contributed by atoms with E-state index in [2.05, 4.69) is 5.10 Å². The van der Waals surface area contributed by atoms with Gasteiger partial charge >= 0.3 is 0 Å². The molecule has 2 heterocycles. The third kappa shape index (κ3) is 1.82. The summed E-state index contributed by atoms with van der Waals surface area (Å²) in [7, 11) is 0. The topological polar surface area (TPSA) is 55.2 Å². The lowest BCUT2D eigenvalue weighted by Gasteiger charge is -2.30. The van der Waals surface area contributed by atoms with Gasteiger partial charge in [0, 0.05) is 25.0 Å². The average molecular weight is 257 g/mol. The fraction of sp³-hybridized carbons (Fsp3) is 0.357. The van der Waals surface area contributed by atoms with E-state index in [0.29, 0.717) is 23.0 Å². The SMILES string of the molecule is CCn1nc(C(=O)N2CCC2)c2ccccc2c1=O. The summed E-state index contributed by atoms with van der Waals surface area (Å²) in [6.45, 7) is 3.87. The minimum Gasteiger partial charge on any atom is -0.337 e. The van der Waals surface area contributed by atoms with Gasteiger partial charge in [-0.2, -0.15) is 5.10 Å². The largest absolute Gasteiger partial charge is 0.337 e. The molecular weight excluding hydrogens is 242 g/mol. The van der Waals surface area contributed by atoms with Crippen molar-refractivity contribution in [1.29, 1.82) is 0 Å². The predicted molar refractivity (Wildman–Crippen MR) is 72.2 cm³/mol. The number of carbonyl (C=O) groups excluding carboxylic acids is 1. The fourth-order valence-electron chi connectivity index (χ4n) is 2.28.